The first-order valence-corrected chi connectivity index (χ1v) is 39.1. The molecule has 26 nitrogen and oxygen atoms in total. The van der Waals surface area contributed by atoms with E-state index in [2.05, 4.69) is 16.0 Å². The van der Waals surface area contributed by atoms with Crippen LogP contribution in [0.2, 0.25) is 0 Å². The summed E-state index contributed by atoms with van der Waals surface area (Å²) in [5, 5.41) is 8.03. The van der Waals surface area contributed by atoms with Crippen molar-refractivity contribution < 1.29 is 111 Å². The molecule has 12 amide bonds. The second-order valence-electron chi connectivity index (χ2n) is 31.9. The minimum absolute atomic E-state index is 0.00113. The van der Waals surface area contributed by atoms with Crippen LogP contribution in [0.5, 0.6) is 0 Å². The second kappa shape index (κ2) is 38.6. The molecule has 1 spiro atoms. The summed E-state index contributed by atoms with van der Waals surface area (Å²) in [6.07, 6.45) is -19.3. The Bertz CT molecular complexity index is 3320. The van der Waals surface area contributed by atoms with Crippen molar-refractivity contribution in [3.8, 4) is 0 Å². The molecule has 12 atom stereocenters. The predicted molar refractivity (Wildman–Crippen MR) is 381 cm³/mol. The van der Waals surface area contributed by atoms with Crippen LogP contribution < -0.4 is 16.0 Å². The topological polar surface area (TPSA) is 289 Å². The molecule has 8 aliphatic rings. The Balaban J connectivity index is 1.21. The molecule has 4 aliphatic heterocycles. The van der Waals surface area contributed by atoms with E-state index in [0.717, 1.165) is 31.5 Å². The minimum Gasteiger partial charge on any atom is -0.378 e. The van der Waals surface area contributed by atoms with Crippen molar-refractivity contribution in [2.45, 2.75) is 253 Å². The van der Waals surface area contributed by atoms with Crippen LogP contribution in [0.25, 0.3) is 0 Å². The van der Waals surface area contributed by atoms with Crippen LogP contribution in [-0.2, 0) is 67.0 Å². The number of hydrogen-bond donors (Lipinski definition) is 3. The highest BCUT2D eigenvalue weighted by Gasteiger charge is 2.56. The molecular weight excluding hydrogens is 1480 g/mol. The van der Waals surface area contributed by atoms with Crippen molar-refractivity contribution in [1.82, 2.24) is 60.0 Å². The Hall–Kier alpha value is -7.40. The molecule has 0 aromatic rings. The monoisotopic (exact) mass is 1590 g/mol. The molecular formula is C75H112F10N12O14. The molecule has 36 heteroatoms. The van der Waals surface area contributed by atoms with Crippen LogP contribution in [0.15, 0.2) is 12.2 Å². The number of halogens is 10. The average Bonchev–Trinajstić information content (AvgIpc) is 1.70. The molecule has 4 heterocycles. The maximum absolute atomic E-state index is 15.6. The Morgan fingerprint density at radius 3 is 1.85 bits per heavy atom. The number of morpholine rings is 1. The summed E-state index contributed by atoms with van der Waals surface area (Å²) in [6, 6.07) is -12.9. The molecule has 0 aromatic carbocycles. The lowest BCUT2D eigenvalue weighted by Crippen LogP contribution is -2.68. The van der Waals surface area contributed by atoms with Gasteiger partial charge < -0.3 is 69.5 Å². The zero-order valence-corrected chi connectivity index (χ0v) is 65.0. The second-order valence-corrected chi connectivity index (χ2v) is 31.9. The fourth-order valence-electron chi connectivity index (χ4n) is 17.4. The number of nitrogens with one attached hydrogen (secondary N) is 3. The summed E-state index contributed by atoms with van der Waals surface area (Å²) >= 11 is 0. The van der Waals surface area contributed by atoms with Gasteiger partial charge in [-0.25, -0.2) is 17.6 Å². The number of ether oxygens (including phenoxy) is 2. The fraction of sp³-hybridized carbons (Fsp3) is 0.813. The summed E-state index contributed by atoms with van der Waals surface area (Å²) in [4.78, 5) is 191. The van der Waals surface area contributed by atoms with Gasteiger partial charge in [-0.3, -0.25) is 57.5 Å². The van der Waals surface area contributed by atoms with Crippen molar-refractivity contribution in [2.75, 3.05) is 101 Å². The average molecular weight is 1600 g/mol. The van der Waals surface area contributed by atoms with Gasteiger partial charge in [-0.15, -0.1) is 0 Å². The van der Waals surface area contributed by atoms with Crippen LogP contribution in [0.1, 0.15) is 162 Å². The van der Waals surface area contributed by atoms with Gasteiger partial charge in [-0.05, 0) is 133 Å². The molecule has 8 rings (SSSR count). The zero-order valence-electron chi connectivity index (χ0n) is 65.0. The van der Waals surface area contributed by atoms with E-state index in [-0.39, 0.29) is 123 Å². The van der Waals surface area contributed by atoms with Crippen LogP contribution in [0.3, 0.4) is 0 Å². The maximum atomic E-state index is 15.6. The highest BCUT2D eigenvalue weighted by Crippen LogP contribution is 2.46. The largest absolute Gasteiger partial charge is 0.397 e. The third-order valence-electron chi connectivity index (χ3n) is 24.5. The molecule has 626 valence electrons. The van der Waals surface area contributed by atoms with E-state index in [1.165, 1.54) is 49.9 Å². The molecule has 111 heavy (non-hydrogen) atoms. The first-order valence-electron chi connectivity index (χ1n) is 39.1. The lowest BCUT2D eigenvalue weighted by atomic mass is 9.74. The molecule has 3 saturated heterocycles. The van der Waals surface area contributed by atoms with E-state index < -0.39 is 243 Å². The molecule has 3 N–H and O–H groups in total. The van der Waals surface area contributed by atoms with E-state index in [9.17, 15) is 63.9 Å². The van der Waals surface area contributed by atoms with Gasteiger partial charge in [-0.1, -0.05) is 45.3 Å². The highest BCUT2D eigenvalue weighted by molar-refractivity contribution is 6.01. The number of likely N-dealkylation sites (N-methyl/N-ethyl adjacent to an activating group) is 6. The Kier molecular flexibility index (Phi) is 31.0. The third kappa shape index (κ3) is 21.7. The number of alkyl halides is 10. The van der Waals surface area contributed by atoms with Crippen LogP contribution >= 0.6 is 0 Å². The smallest absolute Gasteiger partial charge is 0.378 e. The summed E-state index contributed by atoms with van der Waals surface area (Å²) in [5.41, 5.74) is -1.76. The standard InChI is InChI=1S/C75H112F10N12O14/c1-10-43(3)62-70(107)90(5)42-60(100)91(6)52-20-13-12-16-29-96(69(52)106)56(36-44-21-24-47(25-22-44)74(80,81)82)67(104)89(4)41-58(98)86-51(26-23-45-34-49(76)61(50(77)35-45)75(83,84)85)66(103)97-40-48(111-11-2)37-54(97)65(102)88-73(27-17-28-73)72(109)94(9)63(46-18-14-15-19-46)71(108)93(8)55(68(105)95-30-32-110-33-31-95)39-59(99)92(7)53(38-57(78)79)64(101)87-62/h12-13,43-57,61-63H,10-11,14-42H2,1-9H3,(H,86,98)(H,87,101)(H,88,102)/b13-12-/t43-,44?,45?,47?,48+,49?,50?,51-,52?,53-,54-,55-,56-,61?,62-,63-/m0/s1. The van der Waals surface area contributed by atoms with E-state index in [0.29, 0.717) is 37.0 Å². The van der Waals surface area contributed by atoms with Crippen molar-refractivity contribution >= 4 is 70.9 Å². The normalized spacial score (nSPS) is 32.3. The van der Waals surface area contributed by atoms with Crippen LogP contribution in [0, 0.1) is 35.5 Å². The highest BCUT2D eigenvalue weighted by atomic mass is 19.4. The fourth-order valence-corrected chi connectivity index (χ4v) is 17.4. The molecule has 4 saturated carbocycles. The summed E-state index contributed by atoms with van der Waals surface area (Å²) in [5.74, 6) is -18.8. The molecule has 2 bridgehead atoms. The first kappa shape index (κ1) is 89.2. The van der Waals surface area contributed by atoms with Crippen molar-refractivity contribution in [3.05, 3.63) is 12.2 Å². The summed E-state index contributed by atoms with van der Waals surface area (Å²) in [6.45, 7) is 2.81. The lowest BCUT2D eigenvalue weighted by molar-refractivity contribution is -0.219. The van der Waals surface area contributed by atoms with Gasteiger partial charge in [-0.2, -0.15) is 26.3 Å². The number of amides is 12. The lowest BCUT2D eigenvalue weighted by Gasteiger charge is -2.47. The number of rotatable bonds is 13. The van der Waals surface area contributed by atoms with Gasteiger partial charge in [0.2, 0.25) is 77.3 Å². The first-order chi connectivity index (χ1) is 52.2. The molecule has 0 radical (unpaired) electrons. The maximum Gasteiger partial charge on any atom is 0.397 e. The predicted octanol–water partition coefficient (Wildman–Crippen LogP) is 5.73. The molecule has 0 aromatic heterocycles. The van der Waals surface area contributed by atoms with Crippen molar-refractivity contribution in [3.63, 3.8) is 0 Å². The van der Waals surface area contributed by atoms with Crippen molar-refractivity contribution in [2.24, 2.45) is 35.5 Å². The summed E-state index contributed by atoms with van der Waals surface area (Å²) in [7, 11) is 7.29. The molecule has 7 fully saturated rings. The zero-order chi connectivity index (χ0) is 81.9. The van der Waals surface area contributed by atoms with Gasteiger partial charge in [0.15, 0.2) is 0 Å². The minimum atomic E-state index is -5.24. The van der Waals surface area contributed by atoms with Gasteiger partial charge in [0.05, 0.1) is 44.7 Å². The third-order valence-corrected chi connectivity index (χ3v) is 24.5. The van der Waals surface area contributed by atoms with Gasteiger partial charge in [0, 0.05) is 87.9 Å². The SMILES string of the molecule is CCO[C@@H]1C[C@H]2C(=O)NC3(CCC3)C(=O)N(C)[C@@H](C3CCCC3)C(=O)N(C)[C@H](C(=O)N3CCOCC3)CC(=O)N(C)[C@@H](CC(F)F)C(=O)N[C@@H]([C@@H](C)CC)C(=O)N(C)CC(=O)N(C)C3C/C=C\CCN(C3=O)[C@@H](CC3CCC(C(F)(F)F)CC3)C(=O)N(C)CC(=O)N[C@@H](CCC3CC(F)C(C(F)(F)F)C(F)C3)C(=O)N2C1. The van der Waals surface area contributed by atoms with Gasteiger partial charge in [0.1, 0.15) is 72.1 Å². The van der Waals surface area contributed by atoms with E-state index in [4.69, 9.17) is 9.47 Å². The molecule has 4 aliphatic carbocycles. The van der Waals surface area contributed by atoms with Crippen LogP contribution in [0.4, 0.5) is 43.9 Å². The number of carbonyl (C=O) groups is 12. The summed E-state index contributed by atoms with van der Waals surface area (Å²) < 4.78 is 157. The Morgan fingerprint density at radius 1 is 0.640 bits per heavy atom. The Morgan fingerprint density at radius 2 is 1.27 bits per heavy atom. The molecule has 3 unspecified atom stereocenters. The quantitative estimate of drug-likeness (QED) is 0.147. The number of hydrogen-bond acceptors (Lipinski definition) is 14. The number of fused-ring (bicyclic) bond motifs is 3. The Labute approximate surface area is 641 Å². The number of carbonyl (C=O) groups excluding carboxylic acids is 12. The van der Waals surface area contributed by atoms with Gasteiger partial charge in [0.25, 0.3) is 0 Å². The van der Waals surface area contributed by atoms with E-state index in [1.807, 2.05) is 0 Å². The van der Waals surface area contributed by atoms with Crippen LogP contribution in [-0.4, -0.2) is 307 Å². The van der Waals surface area contributed by atoms with Crippen molar-refractivity contribution in [1.29, 1.82) is 0 Å². The van der Waals surface area contributed by atoms with E-state index in [1.54, 1.807) is 32.9 Å². The van der Waals surface area contributed by atoms with Gasteiger partial charge >= 0.3 is 12.4 Å². The van der Waals surface area contributed by atoms with E-state index >= 15 is 37.5 Å². The number of nitrogens with zero attached hydrogens (tertiary/aromatic N) is 9.